The first-order valence-electron chi connectivity index (χ1n) is 7.89. The normalized spacial score (nSPS) is 13.8. The van der Waals surface area contributed by atoms with Gasteiger partial charge in [0.2, 0.25) is 0 Å². The molecule has 1 rings (SSSR count). The molecule has 0 aliphatic heterocycles. The van der Waals surface area contributed by atoms with Crippen molar-refractivity contribution in [2.24, 2.45) is 0 Å². The van der Waals surface area contributed by atoms with Gasteiger partial charge in [-0.2, -0.15) is 10.9 Å². The van der Waals surface area contributed by atoms with Gasteiger partial charge in [0.25, 0.3) is 0 Å². The molecule has 4 heteroatoms. The minimum Gasteiger partial charge on any atom is -0.413 e. The van der Waals surface area contributed by atoms with Gasteiger partial charge >= 0.3 is 18.9 Å². The summed E-state index contributed by atoms with van der Waals surface area (Å²) in [7, 11) is -1.71. The second-order valence-corrected chi connectivity index (χ2v) is 12.7. The monoisotopic (exact) mass is 318 g/mol. The molecular weight excluding hydrogens is 287 g/mol. The van der Waals surface area contributed by atoms with Crippen molar-refractivity contribution in [3.05, 3.63) is 22.4 Å². The summed E-state index contributed by atoms with van der Waals surface area (Å²) in [5, 5.41) is 4.52. The van der Waals surface area contributed by atoms with Crippen LogP contribution in [0.25, 0.3) is 0 Å². The van der Waals surface area contributed by atoms with E-state index >= 15 is 0 Å². The number of thiophene rings is 1. The molecule has 21 heavy (non-hydrogen) atoms. The standard InChI is InChI=1S/C17H31OSSi.Li/c1-7-8-9-10-11-16(15-12-13-19-14-15)18-20(5,6)17(2,3)4;/h13-14,16H,7-11H2,1-6H3;/q-1;+1. The van der Waals surface area contributed by atoms with E-state index in [1.54, 1.807) is 11.3 Å². The van der Waals surface area contributed by atoms with Crippen LogP contribution in [-0.2, 0) is 4.43 Å². The maximum absolute atomic E-state index is 6.64. The summed E-state index contributed by atoms with van der Waals surface area (Å²) in [5.74, 6) is 0. The SMILES string of the molecule is CCCCCCC(O[Si](C)(C)C(C)(C)C)c1[c-]csc1.[Li+]. The molecule has 0 N–H and O–H groups in total. The summed E-state index contributed by atoms with van der Waals surface area (Å²) in [6.07, 6.45) is 6.59. The van der Waals surface area contributed by atoms with E-state index in [4.69, 9.17) is 4.43 Å². The zero-order valence-corrected chi connectivity index (χ0v) is 16.9. The molecule has 0 aliphatic rings. The van der Waals surface area contributed by atoms with Crippen LogP contribution in [0.3, 0.4) is 0 Å². The van der Waals surface area contributed by atoms with E-state index in [9.17, 15) is 0 Å². The zero-order chi connectivity index (χ0) is 15.2. The van der Waals surface area contributed by atoms with Gasteiger partial charge in [-0.05, 0) is 24.6 Å². The Morgan fingerprint density at radius 2 is 1.90 bits per heavy atom. The molecule has 1 aromatic heterocycles. The second-order valence-electron chi connectivity index (χ2n) is 7.19. The van der Waals surface area contributed by atoms with Crippen LogP contribution in [0.15, 0.2) is 10.8 Å². The van der Waals surface area contributed by atoms with Gasteiger partial charge in [-0.25, -0.2) is 6.07 Å². The predicted octanol–water partition coefficient (Wildman–Crippen LogP) is 3.59. The van der Waals surface area contributed by atoms with Gasteiger partial charge in [0, 0.05) is 6.10 Å². The Balaban J connectivity index is 0.00000400. The fourth-order valence-electron chi connectivity index (χ4n) is 1.98. The molecule has 0 bridgehead atoms. The van der Waals surface area contributed by atoms with Gasteiger partial charge < -0.3 is 4.43 Å². The van der Waals surface area contributed by atoms with Crippen LogP contribution in [0.1, 0.15) is 71.5 Å². The van der Waals surface area contributed by atoms with Crippen molar-refractivity contribution in [3.63, 3.8) is 0 Å². The van der Waals surface area contributed by atoms with Crippen LogP contribution in [-0.4, -0.2) is 8.32 Å². The van der Waals surface area contributed by atoms with Crippen molar-refractivity contribution in [3.8, 4) is 0 Å². The van der Waals surface area contributed by atoms with E-state index < -0.39 is 8.32 Å². The van der Waals surface area contributed by atoms with Crippen LogP contribution >= 0.6 is 11.3 Å². The molecule has 0 spiro atoms. The van der Waals surface area contributed by atoms with Crippen molar-refractivity contribution in [2.75, 3.05) is 0 Å². The average molecular weight is 319 g/mol. The van der Waals surface area contributed by atoms with E-state index in [0.29, 0.717) is 0 Å². The second kappa shape index (κ2) is 9.58. The van der Waals surface area contributed by atoms with E-state index in [-0.39, 0.29) is 30.0 Å². The number of unbranched alkanes of at least 4 members (excludes halogenated alkanes) is 3. The van der Waals surface area contributed by atoms with Gasteiger partial charge in [-0.3, -0.25) is 11.3 Å². The minimum absolute atomic E-state index is 0. The smallest absolute Gasteiger partial charge is 0.413 e. The molecule has 1 aromatic rings. The maximum Gasteiger partial charge on any atom is 1.00 e. The predicted molar refractivity (Wildman–Crippen MR) is 92.9 cm³/mol. The Morgan fingerprint density at radius 3 is 2.38 bits per heavy atom. The topological polar surface area (TPSA) is 9.23 Å². The first kappa shape index (κ1) is 21.5. The van der Waals surface area contributed by atoms with E-state index in [1.165, 1.54) is 31.2 Å². The number of rotatable bonds is 8. The van der Waals surface area contributed by atoms with Crippen LogP contribution in [0.2, 0.25) is 18.1 Å². The fourth-order valence-corrected chi connectivity index (χ4v) is 3.93. The molecule has 1 unspecified atom stereocenters. The fraction of sp³-hybridized carbons (Fsp3) is 0.765. The Labute approximate surface area is 149 Å². The van der Waals surface area contributed by atoms with Crippen molar-refractivity contribution in [1.82, 2.24) is 0 Å². The molecule has 0 saturated heterocycles. The molecule has 0 saturated carbocycles. The first-order chi connectivity index (χ1) is 9.28. The van der Waals surface area contributed by atoms with Crippen LogP contribution in [0.4, 0.5) is 0 Å². The molecule has 1 atom stereocenters. The summed E-state index contributed by atoms with van der Waals surface area (Å²) in [5.41, 5.74) is 1.26. The molecule has 0 amide bonds. The van der Waals surface area contributed by atoms with Crippen LogP contribution < -0.4 is 18.9 Å². The summed E-state index contributed by atoms with van der Waals surface area (Å²) in [4.78, 5) is 0. The summed E-state index contributed by atoms with van der Waals surface area (Å²) in [6.45, 7) is 13.9. The van der Waals surface area contributed by atoms with Gasteiger partial charge in [0.15, 0.2) is 8.32 Å². The van der Waals surface area contributed by atoms with Gasteiger partial charge in [0.1, 0.15) is 0 Å². The van der Waals surface area contributed by atoms with Crippen molar-refractivity contribution in [2.45, 2.75) is 84.0 Å². The van der Waals surface area contributed by atoms with E-state index in [1.807, 2.05) is 5.38 Å². The molecule has 0 fully saturated rings. The molecule has 1 nitrogen and oxygen atoms in total. The van der Waals surface area contributed by atoms with Gasteiger partial charge in [-0.1, -0.05) is 53.4 Å². The van der Waals surface area contributed by atoms with Crippen molar-refractivity contribution >= 4 is 19.7 Å². The third-order valence-corrected chi connectivity index (χ3v) is 9.53. The van der Waals surface area contributed by atoms with Crippen LogP contribution in [0, 0.1) is 6.07 Å². The molecule has 116 valence electrons. The summed E-state index contributed by atoms with van der Waals surface area (Å²) < 4.78 is 6.64. The third kappa shape index (κ3) is 7.05. The average Bonchev–Trinajstić information content (AvgIpc) is 2.85. The Hall–Kier alpha value is 0.474. The van der Waals surface area contributed by atoms with Gasteiger partial charge in [-0.15, -0.1) is 5.38 Å². The largest absolute Gasteiger partial charge is 1.00 e. The minimum atomic E-state index is -1.71. The number of hydrogen-bond acceptors (Lipinski definition) is 2. The molecular formula is C17H31LiOSSi. The Kier molecular flexibility index (Phi) is 9.79. The zero-order valence-electron chi connectivity index (χ0n) is 15.1. The molecule has 0 aliphatic carbocycles. The maximum atomic E-state index is 6.64. The molecule has 1 heterocycles. The summed E-state index contributed by atoms with van der Waals surface area (Å²) >= 11 is 1.73. The summed E-state index contributed by atoms with van der Waals surface area (Å²) in [6, 6.07) is 3.37. The third-order valence-electron chi connectivity index (χ3n) is 4.40. The molecule has 0 aromatic carbocycles. The quantitative estimate of drug-likeness (QED) is 0.404. The first-order valence-corrected chi connectivity index (χ1v) is 11.7. The van der Waals surface area contributed by atoms with Crippen molar-refractivity contribution in [1.29, 1.82) is 0 Å². The van der Waals surface area contributed by atoms with E-state index in [0.717, 1.165) is 6.42 Å². The number of hydrogen-bond donors (Lipinski definition) is 0. The van der Waals surface area contributed by atoms with Crippen molar-refractivity contribution < 1.29 is 23.3 Å². The van der Waals surface area contributed by atoms with Gasteiger partial charge in [0.05, 0.1) is 0 Å². The van der Waals surface area contributed by atoms with Crippen LogP contribution in [0.5, 0.6) is 0 Å². The van der Waals surface area contributed by atoms with E-state index in [2.05, 4.69) is 52.2 Å². The Morgan fingerprint density at radius 1 is 1.24 bits per heavy atom. The molecule has 0 radical (unpaired) electrons. The Bertz CT molecular complexity index is 371.